The van der Waals surface area contributed by atoms with Crippen LogP contribution in [0, 0.1) is 17.0 Å². The van der Waals surface area contributed by atoms with Crippen LogP contribution in [-0.4, -0.2) is 31.9 Å². The number of anilines is 1. The lowest BCUT2D eigenvalue weighted by Gasteiger charge is -2.13. The highest BCUT2D eigenvalue weighted by Crippen LogP contribution is 2.22. The summed E-state index contributed by atoms with van der Waals surface area (Å²) in [5, 5.41) is 13.4. The van der Waals surface area contributed by atoms with Gasteiger partial charge in [-0.3, -0.25) is 14.9 Å². The molecule has 0 radical (unpaired) electrons. The number of nitro groups is 1. The van der Waals surface area contributed by atoms with E-state index >= 15 is 0 Å². The molecule has 2 rings (SSSR count). The van der Waals surface area contributed by atoms with Crippen LogP contribution < -0.4 is 14.8 Å². The number of carbonyl (C=O) groups is 1. The van der Waals surface area contributed by atoms with Crippen LogP contribution in [0.1, 0.15) is 25.8 Å². The molecule has 29 heavy (non-hydrogen) atoms. The van der Waals surface area contributed by atoms with Gasteiger partial charge in [-0.05, 0) is 50.1 Å². The predicted molar refractivity (Wildman–Crippen MR) is 108 cm³/mol. The number of nitro benzene ring substituents is 1. The molecule has 2 N–H and O–H groups in total. The van der Waals surface area contributed by atoms with Crippen molar-refractivity contribution in [3.8, 4) is 5.75 Å². The molecule has 2 aromatic rings. The molecule has 0 aliphatic rings. The average molecular weight is 421 g/mol. The summed E-state index contributed by atoms with van der Waals surface area (Å²) in [5.41, 5.74) is 0.868. The summed E-state index contributed by atoms with van der Waals surface area (Å²) in [7, 11) is -3.62. The fraction of sp³-hybridized carbons (Fsp3) is 0.316. The minimum atomic E-state index is -3.62. The molecule has 0 fully saturated rings. The van der Waals surface area contributed by atoms with Crippen molar-refractivity contribution in [2.75, 3.05) is 11.9 Å². The zero-order valence-corrected chi connectivity index (χ0v) is 17.2. The Bertz CT molecular complexity index is 990. The minimum absolute atomic E-state index is 0.0989. The van der Waals surface area contributed by atoms with Gasteiger partial charge in [0.25, 0.3) is 11.6 Å². The molecule has 0 saturated heterocycles. The second-order valence-corrected chi connectivity index (χ2v) is 8.21. The van der Waals surface area contributed by atoms with Crippen molar-refractivity contribution in [3.05, 3.63) is 58.1 Å². The Morgan fingerprint density at radius 2 is 1.86 bits per heavy atom. The number of sulfonamides is 1. The van der Waals surface area contributed by atoms with Crippen LogP contribution in [0.25, 0.3) is 0 Å². The Morgan fingerprint density at radius 3 is 2.45 bits per heavy atom. The van der Waals surface area contributed by atoms with Crippen LogP contribution in [0.5, 0.6) is 5.75 Å². The molecule has 0 aromatic heterocycles. The number of nitrogens with one attached hydrogen (secondary N) is 2. The van der Waals surface area contributed by atoms with E-state index in [1.54, 1.807) is 19.9 Å². The van der Waals surface area contributed by atoms with Crippen LogP contribution in [0.4, 0.5) is 11.4 Å². The molecule has 0 unspecified atom stereocenters. The Morgan fingerprint density at radius 1 is 1.21 bits per heavy atom. The standard InChI is InChI=1S/C19H23N3O6S/c1-4-14(3)21-29(26,27)17-9-7-16(8-10-17)28-12-19(23)20-18-11-15(22(24)25)6-5-13(18)2/h5-11,14,21H,4,12H2,1-3H3,(H,20,23)/t14-/m1/s1. The monoisotopic (exact) mass is 421 g/mol. The lowest BCUT2D eigenvalue weighted by Crippen LogP contribution is -2.31. The van der Waals surface area contributed by atoms with Gasteiger partial charge in [-0.15, -0.1) is 0 Å². The number of hydrogen-bond acceptors (Lipinski definition) is 6. The van der Waals surface area contributed by atoms with E-state index in [1.165, 1.54) is 36.4 Å². The molecule has 0 aliphatic carbocycles. The first-order valence-corrected chi connectivity index (χ1v) is 10.4. The lowest BCUT2D eigenvalue weighted by atomic mass is 10.2. The van der Waals surface area contributed by atoms with Crippen molar-refractivity contribution in [2.45, 2.75) is 38.1 Å². The Labute approximate surface area is 169 Å². The van der Waals surface area contributed by atoms with Gasteiger partial charge in [0.2, 0.25) is 10.0 Å². The SMILES string of the molecule is CC[C@@H](C)NS(=O)(=O)c1ccc(OCC(=O)Nc2cc([N+](=O)[O-])ccc2C)cc1. The van der Waals surface area contributed by atoms with Gasteiger partial charge in [0, 0.05) is 18.2 Å². The zero-order chi connectivity index (χ0) is 21.6. The number of nitrogens with zero attached hydrogens (tertiary/aromatic N) is 1. The summed E-state index contributed by atoms with van der Waals surface area (Å²) in [6.07, 6.45) is 0.666. The van der Waals surface area contributed by atoms with Crippen molar-refractivity contribution in [1.29, 1.82) is 0 Å². The number of rotatable bonds is 9. The van der Waals surface area contributed by atoms with Crippen LogP contribution in [0.3, 0.4) is 0 Å². The number of non-ortho nitro benzene ring substituents is 1. The zero-order valence-electron chi connectivity index (χ0n) is 16.3. The largest absolute Gasteiger partial charge is 0.484 e. The quantitative estimate of drug-likeness (QED) is 0.473. The Hall–Kier alpha value is -2.98. The number of amides is 1. The molecule has 9 nitrogen and oxygen atoms in total. The topological polar surface area (TPSA) is 128 Å². The highest BCUT2D eigenvalue weighted by atomic mass is 32.2. The molecule has 0 heterocycles. The predicted octanol–water partition coefficient (Wildman–Crippen LogP) is 3.00. The third kappa shape index (κ3) is 6.26. The third-order valence-electron chi connectivity index (χ3n) is 4.18. The lowest BCUT2D eigenvalue weighted by molar-refractivity contribution is -0.384. The number of ether oxygens (including phenoxy) is 1. The first kappa shape index (κ1) is 22.3. The van der Waals surface area contributed by atoms with E-state index in [0.29, 0.717) is 23.4 Å². The van der Waals surface area contributed by atoms with Crippen LogP contribution in [0.15, 0.2) is 47.4 Å². The van der Waals surface area contributed by atoms with Gasteiger partial charge >= 0.3 is 0 Å². The summed E-state index contributed by atoms with van der Waals surface area (Å²) in [5.74, 6) is -0.179. The van der Waals surface area contributed by atoms with Gasteiger partial charge in [0.1, 0.15) is 5.75 Å². The normalized spacial score (nSPS) is 12.2. The molecular formula is C19H23N3O6S. The Balaban J connectivity index is 1.97. The third-order valence-corrected chi connectivity index (χ3v) is 5.78. The van der Waals surface area contributed by atoms with Crippen molar-refractivity contribution in [3.63, 3.8) is 0 Å². The molecule has 2 aromatic carbocycles. The van der Waals surface area contributed by atoms with Crippen LogP contribution >= 0.6 is 0 Å². The Kier molecular flexibility index (Phi) is 7.29. The maximum absolute atomic E-state index is 12.2. The molecular weight excluding hydrogens is 398 g/mol. The van der Waals surface area contributed by atoms with Gasteiger partial charge in [-0.2, -0.15) is 0 Å². The maximum atomic E-state index is 12.2. The van der Waals surface area contributed by atoms with Crippen molar-refractivity contribution in [2.24, 2.45) is 0 Å². The van der Waals surface area contributed by atoms with Crippen molar-refractivity contribution >= 4 is 27.3 Å². The summed E-state index contributed by atoms with van der Waals surface area (Å²) in [6, 6.07) is 9.68. The summed E-state index contributed by atoms with van der Waals surface area (Å²) < 4.78 is 32.4. The molecule has 156 valence electrons. The van der Waals surface area contributed by atoms with Crippen molar-refractivity contribution in [1.82, 2.24) is 4.72 Å². The fourth-order valence-corrected chi connectivity index (χ4v) is 3.65. The molecule has 1 amide bonds. The number of hydrogen-bond donors (Lipinski definition) is 2. The van der Waals surface area contributed by atoms with Gasteiger partial charge in [-0.25, -0.2) is 13.1 Å². The number of benzene rings is 2. The average Bonchev–Trinajstić information content (AvgIpc) is 2.67. The van der Waals surface area contributed by atoms with Gasteiger partial charge in [0.15, 0.2) is 6.61 Å². The molecule has 0 spiro atoms. The van der Waals surface area contributed by atoms with E-state index in [-0.39, 0.29) is 23.2 Å². The minimum Gasteiger partial charge on any atom is -0.484 e. The number of carbonyl (C=O) groups excluding carboxylic acids is 1. The fourth-order valence-electron chi connectivity index (χ4n) is 2.32. The molecule has 0 bridgehead atoms. The van der Waals surface area contributed by atoms with E-state index in [2.05, 4.69) is 10.0 Å². The van der Waals surface area contributed by atoms with E-state index in [4.69, 9.17) is 4.74 Å². The van der Waals surface area contributed by atoms with Crippen LogP contribution in [-0.2, 0) is 14.8 Å². The van der Waals surface area contributed by atoms with Crippen molar-refractivity contribution < 1.29 is 22.9 Å². The van der Waals surface area contributed by atoms with Gasteiger partial charge in [0.05, 0.1) is 15.5 Å². The van der Waals surface area contributed by atoms with E-state index in [1.807, 2.05) is 6.92 Å². The van der Waals surface area contributed by atoms with Crippen LogP contribution in [0.2, 0.25) is 0 Å². The highest BCUT2D eigenvalue weighted by molar-refractivity contribution is 7.89. The second kappa shape index (κ2) is 9.48. The molecule has 0 aliphatic heterocycles. The summed E-state index contributed by atoms with van der Waals surface area (Å²) in [6.45, 7) is 5.03. The smallest absolute Gasteiger partial charge is 0.271 e. The summed E-state index contributed by atoms with van der Waals surface area (Å²) >= 11 is 0. The maximum Gasteiger partial charge on any atom is 0.271 e. The number of aryl methyl sites for hydroxylation is 1. The van der Waals surface area contributed by atoms with E-state index in [0.717, 1.165) is 0 Å². The molecule has 0 saturated carbocycles. The summed E-state index contributed by atoms with van der Waals surface area (Å²) in [4.78, 5) is 22.5. The highest BCUT2D eigenvalue weighted by Gasteiger charge is 2.16. The molecule has 10 heteroatoms. The first-order chi connectivity index (χ1) is 13.6. The second-order valence-electron chi connectivity index (χ2n) is 6.50. The van der Waals surface area contributed by atoms with Gasteiger partial charge in [-0.1, -0.05) is 13.0 Å². The van der Waals surface area contributed by atoms with E-state index < -0.39 is 20.9 Å². The first-order valence-electron chi connectivity index (χ1n) is 8.92. The molecule has 1 atom stereocenters. The van der Waals surface area contributed by atoms with E-state index in [9.17, 15) is 23.3 Å². The van der Waals surface area contributed by atoms with Gasteiger partial charge < -0.3 is 10.1 Å².